The zero-order valence-corrected chi connectivity index (χ0v) is 8.89. The predicted molar refractivity (Wildman–Crippen MR) is 51.9 cm³/mol. The number of hydrogen-bond acceptors (Lipinski definition) is 2. The van der Waals surface area contributed by atoms with Crippen LogP contribution in [0.5, 0.6) is 0 Å². The van der Waals surface area contributed by atoms with Crippen molar-refractivity contribution in [3.05, 3.63) is 11.9 Å². The largest absolute Gasteiger partial charge is 0.405 e. The summed E-state index contributed by atoms with van der Waals surface area (Å²) < 4.78 is 37.6. The molecule has 1 aromatic heterocycles. The third-order valence-electron chi connectivity index (χ3n) is 1.86. The van der Waals surface area contributed by atoms with Gasteiger partial charge in [-0.15, -0.1) is 0 Å². The number of alkyl halides is 3. The molecule has 0 bridgehead atoms. The predicted octanol–water partition coefficient (Wildman–Crippen LogP) is 2.75. The van der Waals surface area contributed by atoms with E-state index in [1.54, 1.807) is 17.7 Å². The second-order valence-electron chi connectivity index (χ2n) is 3.68. The summed E-state index contributed by atoms with van der Waals surface area (Å²) in [5, 5.41) is 2.28. The van der Waals surface area contributed by atoms with Crippen LogP contribution < -0.4 is 5.32 Å². The zero-order valence-electron chi connectivity index (χ0n) is 8.89. The van der Waals surface area contributed by atoms with E-state index in [9.17, 15) is 13.2 Å². The zero-order chi connectivity index (χ0) is 11.6. The molecular formula is C9H14F3N3. The fourth-order valence-electron chi connectivity index (χ4n) is 1.22. The Bertz CT molecular complexity index is 328. The Hall–Kier alpha value is -1.20. The highest BCUT2D eigenvalue weighted by Gasteiger charge is 2.27. The summed E-state index contributed by atoms with van der Waals surface area (Å²) >= 11 is 0. The fourth-order valence-corrected chi connectivity index (χ4v) is 1.22. The number of nitrogens with one attached hydrogen (secondary N) is 1. The second-order valence-corrected chi connectivity index (χ2v) is 3.68. The number of imidazole rings is 1. The molecule has 0 saturated heterocycles. The van der Waals surface area contributed by atoms with Crippen LogP contribution in [0, 0.1) is 6.92 Å². The molecule has 0 saturated carbocycles. The summed E-state index contributed by atoms with van der Waals surface area (Å²) in [6.45, 7) is 4.47. The van der Waals surface area contributed by atoms with Gasteiger partial charge in [0.2, 0.25) is 5.95 Å². The normalized spacial score (nSPS) is 12.2. The van der Waals surface area contributed by atoms with Crippen LogP contribution in [0.2, 0.25) is 0 Å². The number of rotatable bonds is 3. The number of aryl methyl sites for hydroxylation is 1. The number of anilines is 1. The van der Waals surface area contributed by atoms with Gasteiger partial charge in [0.25, 0.3) is 0 Å². The van der Waals surface area contributed by atoms with Crippen LogP contribution in [0.1, 0.15) is 25.6 Å². The van der Waals surface area contributed by atoms with E-state index in [0.29, 0.717) is 5.69 Å². The SMILES string of the molecule is Cc1cn(C(C)C)c(NCC(F)(F)F)n1. The standard InChI is InChI=1S/C9H14F3N3/c1-6(2)15-4-7(3)14-8(15)13-5-9(10,11)12/h4,6H,5H2,1-3H3,(H,13,14). The molecule has 0 aliphatic rings. The van der Waals surface area contributed by atoms with Crippen molar-refractivity contribution in [2.24, 2.45) is 0 Å². The topological polar surface area (TPSA) is 29.9 Å². The van der Waals surface area contributed by atoms with Gasteiger partial charge in [0, 0.05) is 12.2 Å². The smallest absolute Gasteiger partial charge is 0.347 e. The van der Waals surface area contributed by atoms with E-state index >= 15 is 0 Å². The van der Waals surface area contributed by atoms with Crippen LogP contribution in [0.3, 0.4) is 0 Å². The highest BCUT2D eigenvalue weighted by atomic mass is 19.4. The Morgan fingerprint density at radius 3 is 2.53 bits per heavy atom. The van der Waals surface area contributed by atoms with E-state index in [4.69, 9.17) is 0 Å². The number of nitrogens with zero attached hydrogens (tertiary/aromatic N) is 2. The molecule has 1 rings (SSSR count). The Morgan fingerprint density at radius 2 is 2.07 bits per heavy atom. The van der Waals surface area contributed by atoms with E-state index in [1.165, 1.54) is 0 Å². The summed E-state index contributed by atoms with van der Waals surface area (Å²) in [6, 6.07) is 0.0851. The van der Waals surface area contributed by atoms with Gasteiger partial charge in [0.1, 0.15) is 6.54 Å². The lowest BCUT2D eigenvalue weighted by Gasteiger charge is -2.13. The van der Waals surface area contributed by atoms with Crippen molar-refractivity contribution in [3.8, 4) is 0 Å². The number of hydrogen-bond donors (Lipinski definition) is 1. The van der Waals surface area contributed by atoms with E-state index < -0.39 is 12.7 Å². The lowest BCUT2D eigenvalue weighted by Crippen LogP contribution is -2.23. The third kappa shape index (κ3) is 3.45. The highest BCUT2D eigenvalue weighted by molar-refractivity contribution is 5.29. The summed E-state index contributed by atoms with van der Waals surface area (Å²) in [4.78, 5) is 3.99. The Balaban J connectivity index is 2.76. The molecule has 0 spiro atoms. The minimum Gasteiger partial charge on any atom is -0.347 e. The fraction of sp³-hybridized carbons (Fsp3) is 0.667. The van der Waals surface area contributed by atoms with Crippen molar-refractivity contribution in [1.82, 2.24) is 9.55 Å². The summed E-state index contributed by atoms with van der Waals surface area (Å²) in [5.74, 6) is 0.264. The van der Waals surface area contributed by atoms with Crippen molar-refractivity contribution >= 4 is 5.95 Å². The average Bonchev–Trinajstić information content (AvgIpc) is 2.42. The maximum absolute atomic E-state index is 12.0. The van der Waals surface area contributed by atoms with Gasteiger partial charge in [-0.25, -0.2) is 4.98 Å². The number of aromatic nitrogens is 2. The molecule has 0 fully saturated rings. The highest BCUT2D eigenvalue weighted by Crippen LogP contribution is 2.19. The van der Waals surface area contributed by atoms with Gasteiger partial charge in [-0.1, -0.05) is 0 Å². The molecular weight excluding hydrogens is 207 g/mol. The molecule has 0 radical (unpaired) electrons. The van der Waals surface area contributed by atoms with Gasteiger partial charge >= 0.3 is 6.18 Å². The van der Waals surface area contributed by atoms with Crippen molar-refractivity contribution in [2.75, 3.05) is 11.9 Å². The van der Waals surface area contributed by atoms with Gasteiger partial charge in [0.15, 0.2) is 0 Å². The maximum Gasteiger partial charge on any atom is 0.405 e. The maximum atomic E-state index is 12.0. The first-order valence-corrected chi connectivity index (χ1v) is 4.65. The summed E-state index contributed by atoms with van der Waals surface area (Å²) in [7, 11) is 0. The van der Waals surface area contributed by atoms with E-state index in [0.717, 1.165) is 0 Å². The van der Waals surface area contributed by atoms with Gasteiger partial charge < -0.3 is 9.88 Å². The molecule has 1 N–H and O–H groups in total. The van der Waals surface area contributed by atoms with E-state index in [1.807, 2.05) is 13.8 Å². The van der Waals surface area contributed by atoms with Gasteiger partial charge in [0.05, 0.1) is 5.69 Å². The quantitative estimate of drug-likeness (QED) is 0.850. The van der Waals surface area contributed by atoms with Crippen LogP contribution in [0.4, 0.5) is 19.1 Å². The van der Waals surface area contributed by atoms with Gasteiger partial charge in [-0.05, 0) is 20.8 Å². The van der Waals surface area contributed by atoms with Crippen LogP contribution in [0.25, 0.3) is 0 Å². The molecule has 1 heterocycles. The molecule has 86 valence electrons. The first-order valence-electron chi connectivity index (χ1n) is 4.65. The lowest BCUT2D eigenvalue weighted by molar-refractivity contribution is -0.115. The minimum atomic E-state index is -4.22. The third-order valence-corrected chi connectivity index (χ3v) is 1.86. The van der Waals surface area contributed by atoms with E-state index in [2.05, 4.69) is 10.3 Å². The molecule has 15 heavy (non-hydrogen) atoms. The monoisotopic (exact) mass is 221 g/mol. The van der Waals surface area contributed by atoms with Crippen molar-refractivity contribution in [2.45, 2.75) is 33.0 Å². The van der Waals surface area contributed by atoms with Crippen LogP contribution in [0.15, 0.2) is 6.20 Å². The molecule has 1 aromatic rings. The Kier molecular flexibility index (Phi) is 3.26. The Morgan fingerprint density at radius 1 is 1.47 bits per heavy atom. The summed E-state index contributed by atoms with van der Waals surface area (Å²) in [6.07, 6.45) is -2.50. The molecule has 0 aromatic carbocycles. The van der Waals surface area contributed by atoms with Gasteiger partial charge in [-0.3, -0.25) is 0 Å². The first kappa shape index (κ1) is 11.9. The van der Waals surface area contributed by atoms with Crippen LogP contribution in [-0.4, -0.2) is 22.3 Å². The molecule has 6 heteroatoms. The second kappa shape index (κ2) is 4.12. The Labute approximate surface area is 86.3 Å². The van der Waals surface area contributed by atoms with Gasteiger partial charge in [-0.2, -0.15) is 13.2 Å². The average molecular weight is 221 g/mol. The first-order chi connectivity index (χ1) is 6.79. The number of halogens is 3. The molecule has 0 amide bonds. The van der Waals surface area contributed by atoms with E-state index in [-0.39, 0.29) is 12.0 Å². The molecule has 3 nitrogen and oxygen atoms in total. The summed E-state index contributed by atoms with van der Waals surface area (Å²) in [5.41, 5.74) is 0.702. The van der Waals surface area contributed by atoms with Crippen LogP contribution >= 0.6 is 0 Å². The molecule has 0 atom stereocenters. The van der Waals surface area contributed by atoms with Crippen molar-refractivity contribution < 1.29 is 13.2 Å². The molecule has 0 aliphatic carbocycles. The van der Waals surface area contributed by atoms with Crippen LogP contribution in [-0.2, 0) is 0 Å². The molecule has 0 unspecified atom stereocenters. The van der Waals surface area contributed by atoms with Crippen molar-refractivity contribution in [3.63, 3.8) is 0 Å². The minimum absolute atomic E-state index is 0.0851. The van der Waals surface area contributed by atoms with Crippen molar-refractivity contribution in [1.29, 1.82) is 0 Å². The molecule has 0 aliphatic heterocycles. The lowest BCUT2D eigenvalue weighted by atomic mass is 10.4.